The molecule has 28 heavy (non-hydrogen) atoms. The molecule has 0 aromatic heterocycles. The smallest absolute Gasteiger partial charge is 0.265 e. The molecular formula is C24H27N3O. The third kappa shape index (κ3) is 5.72. The van der Waals surface area contributed by atoms with E-state index in [0.29, 0.717) is 12.5 Å². The summed E-state index contributed by atoms with van der Waals surface area (Å²) in [5.41, 5.74) is 2.77. The van der Waals surface area contributed by atoms with Gasteiger partial charge in [0.1, 0.15) is 11.6 Å². The van der Waals surface area contributed by atoms with Crippen molar-refractivity contribution in [3.05, 3.63) is 83.6 Å². The van der Waals surface area contributed by atoms with E-state index in [1.165, 1.54) is 11.1 Å². The molecule has 2 aromatic carbocycles. The summed E-state index contributed by atoms with van der Waals surface area (Å²) in [5, 5.41) is 12.5. The highest BCUT2D eigenvalue weighted by atomic mass is 16.2. The number of rotatable bonds is 7. The highest BCUT2D eigenvalue weighted by molar-refractivity contribution is 5.97. The SMILES string of the molecule is N#C/C(=C/NCCc1ccccc1)C(=O)N1CCC(Cc2ccccc2)CC1. The van der Waals surface area contributed by atoms with E-state index in [1.807, 2.05) is 29.2 Å². The van der Waals surface area contributed by atoms with Gasteiger partial charge in [0.15, 0.2) is 0 Å². The van der Waals surface area contributed by atoms with Gasteiger partial charge in [-0.25, -0.2) is 0 Å². The molecule has 1 amide bonds. The Morgan fingerprint density at radius 3 is 2.25 bits per heavy atom. The minimum absolute atomic E-state index is 0.159. The van der Waals surface area contributed by atoms with Crippen LogP contribution < -0.4 is 5.32 Å². The second kappa shape index (κ2) is 10.3. The molecule has 1 aliphatic rings. The van der Waals surface area contributed by atoms with E-state index in [9.17, 15) is 10.1 Å². The lowest BCUT2D eigenvalue weighted by Crippen LogP contribution is -2.39. The summed E-state index contributed by atoms with van der Waals surface area (Å²) in [6.45, 7) is 2.14. The first kappa shape index (κ1) is 19.7. The van der Waals surface area contributed by atoms with Crippen molar-refractivity contribution in [3.8, 4) is 6.07 Å². The quantitative estimate of drug-likeness (QED) is 0.457. The lowest BCUT2D eigenvalue weighted by atomic mass is 9.90. The standard InChI is InChI=1S/C24H27N3O/c25-18-23(19-26-14-11-20-7-3-1-4-8-20)24(28)27-15-12-22(13-16-27)17-21-9-5-2-6-10-21/h1-10,19,22,26H,11-17H2/b23-19-. The van der Waals surface area contributed by atoms with Gasteiger partial charge in [-0.15, -0.1) is 0 Å². The summed E-state index contributed by atoms with van der Waals surface area (Å²) in [5.74, 6) is 0.442. The Morgan fingerprint density at radius 2 is 1.64 bits per heavy atom. The summed E-state index contributed by atoms with van der Waals surface area (Å²) in [6.07, 6.45) is 5.46. The molecule has 1 N–H and O–H groups in total. The number of benzene rings is 2. The van der Waals surface area contributed by atoms with Gasteiger partial charge < -0.3 is 10.2 Å². The highest BCUT2D eigenvalue weighted by Crippen LogP contribution is 2.22. The second-order valence-electron chi connectivity index (χ2n) is 7.28. The summed E-state index contributed by atoms with van der Waals surface area (Å²) in [7, 11) is 0. The Bertz CT molecular complexity index is 816. The van der Waals surface area contributed by atoms with E-state index in [2.05, 4.69) is 47.8 Å². The van der Waals surface area contributed by atoms with E-state index in [4.69, 9.17) is 0 Å². The van der Waals surface area contributed by atoms with Crippen LogP contribution in [-0.2, 0) is 17.6 Å². The molecule has 4 heteroatoms. The van der Waals surface area contributed by atoms with Crippen molar-refractivity contribution in [2.24, 2.45) is 5.92 Å². The van der Waals surface area contributed by atoms with Gasteiger partial charge in [0.05, 0.1) is 0 Å². The van der Waals surface area contributed by atoms with Crippen LogP contribution in [0.25, 0.3) is 0 Å². The van der Waals surface area contributed by atoms with E-state index >= 15 is 0 Å². The Kier molecular flexibility index (Phi) is 7.26. The molecule has 0 unspecified atom stereocenters. The lowest BCUT2D eigenvalue weighted by molar-refractivity contribution is -0.128. The molecule has 0 atom stereocenters. The minimum Gasteiger partial charge on any atom is -0.389 e. The minimum atomic E-state index is -0.159. The predicted octanol–water partition coefficient (Wildman–Crippen LogP) is 3.71. The number of hydrogen-bond donors (Lipinski definition) is 1. The maximum absolute atomic E-state index is 12.7. The zero-order valence-electron chi connectivity index (χ0n) is 16.2. The maximum Gasteiger partial charge on any atom is 0.265 e. The summed E-state index contributed by atoms with van der Waals surface area (Å²) in [6, 6.07) is 22.7. The van der Waals surface area contributed by atoms with Gasteiger partial charge in [0.25, 0.3) is 5.91 Å². The normalized spacial score (nSPS) is 15.1. The fraction of sp³-hybridized carbons (Fsp3) is 0.333. The number of carbonyl (C=O) groups is 1. The van der Waals surface area contributed by atoms with Crippen LogP contribution in [0, 0.1) is 17.2 Å². The third-order valence-corrected chi connectivity index (χ3v) is 5.27. The molecule has 0 radical (unpaired) electrons. The molecule has 1 saturated heterocycles. The molecule has 4 nitrogen and oxygen atoms in total. The molecule has 2 aromatic rings. The molecule has 0 saturated carbocycles. The Morgan fingerprint density at radius 1 is 1.04 bits per heavy atom. The van der Waals surface area contributed by atoms with Crippen LogP contribution in [0.3, 0.4) is 0 Å². The van der Waals surface area contributed by atoms with E-state index in [1.54, 1.807) is 6.20 Å². The number of nitrogens with one attached hydrogen (secondary N) is 1. The van der Waals surface area contributed by atoms with Crippen LogP contribution in [-0.4, -0.2) is 30.4 Å². The topological polar surface area (TPSA) is 56.1 Å². The van der Waals surface area contributed by atoms with Gasteiger partial charge in [-0.05, 0) is 42.7 Å². The molecule has 1 fully saturated rings. The highest BCUT2D eigenvalue weighted by Gasteiger charge is 2.25. The average Bonchev–Trinajstić information content (AvgIpc) is 2.75. The number of amides is 1. The van der Waals surface area contributed by atoms with Crippen LogP contribution in [0.5, 0.6) is 0 Å². The fourth-order valence-electron chi connectivity index (χ4n) is 3.64. The first-order chi connectivity index (χ1) is 13.8. The second-order valence-corrected chi connectivity index (χ2v) is 7.28. The number of nitrogens with zero attached hydrogens (tertiary/aromatic N) is 2. The number of nitriles is 1. The summed E-state index contributed by atoms with van der Waals surface area (Å²) in [4.78, 5) is 14.5. The van der Waals surface area contributed by atoms with Gasteiger partial charge in [-0.2, -0.15) is 5.26 Å². The van der Waals surface area contributed by atoms with Crippen molar-refractivity contribution < 1.29 is 4.79 Å². The molecule has 144 valence electrons. The van der Waals surface area contributed by atoms with E-state index in [-0.39, 0.29) is 11.5 Å². The Labute approximate surface area is 167 Å². The van der Waals surface area contributed by atoms with E-state index < -0.39 is 0 Å². The molecule has 1 aliphatic heterocycles. The molecule has 1 heterocycles. The molecule has 0 spiro atoms. The first-order valence-electron chi connectivity index (χ1n) is 9.97. The van der Waals surface area contributed by atoms with Crippen LogP contribution in [0.15, 0.2) is 72.4 Å². The predicted molar refractivity (Wildman–Crippen MR) is 111 cm³/mol. The van der Waals surface area contributed by atoms with Crippen molar-refractivity contribution in [1.29, 1.82) is 5.26 Å². The molecule has 3 rings (SSSR count). The van der Waals surface area contributed by atoms with Gasteiger partial charge in [-0.3, -0.25) is 4.79 Å². The Balaban J connectivity index is 1.45. The number of piperidine rings is 1. The largest absolute Gasteiger partial charge is 0.389 e. The average molecular weight is 374 g/mol. The molecule has 0 aliphatic carbocycles. The van der Waals surface area contributed by atoms with Gasteiger partial charge in [0.2, 0.25) is 0 Å². The van der Waals surface area contributed by atoms with Crippen molar-refractivity contribution in [3.63, 3.8) is 0 Å². The van der Waals surface area contributed by atoms with Gasteiger partial charge >= 0.3 is 0 Å². The number of carbonyl (C=O) groups excluding carboxylic acids is 1. The van der Waals surface area contributed by atoms with Gasteiger partial charge in [-0.1, -0.05) is 60.7 Å². The zero-order chi connectivity index (χ0) is 19.6. The van der Waals surface area contributed by atoms with E-state index in [0.717, 1.165) is 38.8 Å². The monoisotopic (exact) mass is 373 g/mol. The molecule has 0 bridgehead atoms. The summed E-state index contributed by atoms with van der Waals surface area (Å²) >= 11 is 0. The molecular weight excluding hydrogens is 346 g/mol. The van der Waals surface area contributed by atoms with Crippen molar-refractivity contribution in [2.75, 3.05) is 19.6 Å². The lowest BCUT2D eigenvalue weighted by Gasteiger charge is -2.32. The van der Waals surface area contributed by atoms with Crippen LogP contribution in [0.1, 0.15) is 24.0 Å². The first-order valence-corrected chi connectivity index (χ1v) is 9.97. The third-order valence-electron chi connectivity index (χ3n) is 5.27. The fourth-order valence-corrected chi connectivity index (χ4v) is 3.64. The van der Waals surface area contributed by atoms with Gasteiger partial charge in [0, 0.05) is 25.8 Å². The maximum atomic E-state index is 12.7. The summed E-state index contributed by atoms with van der Waals surface area (Å²) < 4.78 is 0. The van der Waals surface area contributed by atoms with Crippen LogP contribution in [0.2, 0.25) is 0 Å². The van der Waals surface area contributed by atoms with Crippen LogP contribution in [0.4, 0.5) is 0 Å². The van der Waals surface area contributed by atoms with Crippen LogP contribution >= 0.6 is 0 Å². The zero-order valence-corrected chi connectivity index (χ0v) is 16.2. The van der Waals surface area contributed by atoms with Crippen molar-refractivity contribution >= 4 is 5.91 Å². The Hall–Kier alpha value is -3.06. The number of likely N-dealkylation sites (tertiary alicyclic amines) is 1. The van der Waals surface area contributed by atoms with Crippen molar-refractivity contribution in [1.82, 2.24) is 10.2 Å². The number of hydrogen-bond acceptors (Lipinski definition) is 3. The van der Waals surface area contributed by atoms with Crippen molar-refractivity contribution in [2.45, 2.75) is 25.7 Å².